The van der Waals surface area contributed by atoms with E-state index in [9.17, 15) is 0 Å². The molecule has 0 amide bonds. The maximum Gasteiger partial charge on any atom is 0.0541 e. The van der Waals surface area contributed by atoms with E-state index in [1.807, 2.05) is 0 Å². The minimum atomic E-state index is 1.03. The van der Waals surface area contributed by atoms with Crippen molar-refractivity contribution < 1.29 is 0 Å². The molecule has 0 aliphatic heterocycles. The van der Waals surface area contributed by atoms with Crippen LogP contribution in [0.4, 0.5) is 0 Å². The first kappa shape index (κ1) is 25.2. The summed E-state index contributed by atoms with van der Waals surface area (Å²) in [6.45, 7) is 0. The summed E-state index contributed by atoms with van der Waals surface area (Å²) in [5.74, 6) is 0. The molecule has 44 heavy (non-hydrogen) atoms. The average molecular weight is 565 g/mol. The Morgan fingerprint density at radius 2 is 1.14 bits per heavy atom. The van der Waals surface area contributed by atoms with Crippen molar-refractivity contribution in [3.05, 3.63) is 156 Å². The Morgan fingerprint density at radius 3 is 1.93 bits per heavy atom. The van der Waals surface area contributed by atoms with Crippen molar-refractivity contribution in [2.75, 3.05) is 0 Å². The maximum absolute atomic E-state index is 2.50. The molecule has 9 rings (SSSR count). The van der Waals surface area contributed by atoms with Gasteiger partial charge in [0.1, 0.15) is 0 Å². The second kappa shape index (κ2) is 10.1. The SMILES string of the molecule is C1=CC(c2cccc(-c3cccc(-n4c5c(c6cc(-n7c8ccccc8c8ccccc87)ccc64)C=CCC5)c3)c2)=CCC1. The number of hydrogen-bond donors (Lipinski definition) is 0. The molecule has 7 aromatic rings. The molecular formula is C42H32N2. The van der Waals surface area contributed by atoms with Crippen molar-refractivity contribution in [1.29, 1.82) is 0 Å². The molecular weight excluding hydrogens is 532 g/mol. The molecule has 210 valence electrons. The molecule has 2 aliphatic carbocycles. The van der Waals surface area contributed by atoms with E-state index in [0.29, 0.717) is 0 Å². The van der Waals surface area contributed by atoms with E-state index in [0.717, 1.165) is 25.7 Å². The quantitative estimate of drug-likeness (QED) is 0.201. The third-order valence-corrected chi connectivity index (χ3v) is 9.39. The summed E-state index contributed by atoms with van der Waals surface area (Å²) < 4.78 is 4.93. The molecule has 0 unspecified atom stereocenters. The van der Waals surface area contributed by atoms with Crippen LogP contribution < -0.4 is 0 Å². The fourth-order valence-corrected chi connectivity index (χ4v) is 7.37. The fraction of sp³-hybridized carbons (Fsp3) is 0.0952. The van der Waals surface area contributed by atoms with Crippen LogP contribution in [0.1, 0.15) is 36.1 Å². The highest BCUT2D eigenvalue weighted by molar-refractivity contribution is 6.09. The van der Waals surface area contributed by atoms with Crippen LogP contribution >= 0.6 is 0 Å². The Hall–Kier alpha value is -5.34. The van der Waals surface area contributed by atoms with Gasteiger partial charge in [-0.2, -0.15) is 0 Å². The minimum Gasteiger partial charge on any atom is -0.313 e. The molecule has 2 heterocycles. The number of aromatic nitrogens is 2. The highest BCUT2D eigenvalue weighted by Gasteiger charge is 2.20. The summed E-state index contributed by atoms with van der Waals surface area (Å²) in [5.41, 5.74) is 14.0. The predicted molar refractivity (Wildman–Crippen MR) is 187 cm³/mol. The van der Waals surface area contributed by atoms with Gasteiger partial charge in [0, 0.05) is 38.8 Å². The van der Waals surface area contributed by atoms with Gasteiger partial charge in [-0.05, 0) is 96.5 Å². The van der Waals surface area contributed by atoms with Gasteiger partial charge in [-0.1, -0.05) is 97.1 Å². The molecule has 2 aliphatic rings. The van der Waals surface area contributed by atoms with Gasteiger partial charge in [0.05, 0.1) is 16.6 Å². The molecule has 0 saturated heterocycles. The molecule has 2 aromatic heterocycles. The zero-order valence-electron chi connectivity index (χ0n) is 24.6. The average Bonchev–Trinajstić information content (AvgIpc) is 3.61. The highest BCUT2D eigenvalue weighted by atomic mass is 15.0. The largest absolute Gasteiger partial charge is 0.313 e. The van der Waals surface area contributed by atoms with Gasteiger partial charge in [0.15, 0.2) is 0 Å². The molecule has 0 N–H and O–H groups in total. The minimum absolute atomic E-state index is 1.03. The lowest BCUT2D eigenvalue weighted by Gasteiger charge is -2.15. The number of allylic oxidation sites excluding steroid dienone is 5. The van der Waals surface area contributed by atoms with Crippen molar-refractivity contribution in [3.63, 3.8) is 0 Å². The van der Waals surface area contributed by atoms with Crippen LogP contribution in [0.15, 0.2) is 140 Å². The topological polar surface area (TPSA) is 9.86 Å². The van der Waals surface area contributed by atoms with Gasteiger partial charge in [-0.3, -0.25) is 0 Å². The standard InChI is InChI=1S/C42H32N2/c1-2-12-29(13-3-1)30-14-10-15-31(26-30)32-16-11-17-33(27-32)43-41-23-9-6-20-37(41)38-28-34(24-25-42(38)43)44-39-21-7-4-18-35(39)36-19-5-8-22-40(36)44/h2,4-8,10-22,24-28H,1,3,9,23H2. The van der Waals surface area contributed by atoms with Gasteiger partial charge < -0.3 is 9.13 Å². The Bertz CT molecular complexity index is 2280. The molecule has 2 heteroatoms. The van der Waals surface area contributed by atoms with Crippen LogP contribution in [0.25, 0.3) is 66.9 Å². The first-order valence-electron chi connectivity index (χ1n) is 15.7. The molecule has 2 nitrogen and oxygen atoms in total. The Balaban J connectivity index is 1.21. The molecule has 0 bridgehead atoms. The Kier molecular flexibility index (Phi) is 5.80. The third-order valence-electron chi connectivity index (χ3n) is 9.39. The van der Waals surface area contributed by atoms with E-state index in [1.54, 1.807) is 0 Å². The van der Waals surface area contributed by atoms with Crippen molar-refractivity contribution in [3.8, 4) is 22.5 Å². The maximum atomic E-state index is 2.50. The summed E-state index contributed by atoms with van der Waals surface area (Å²) >= 11 is 0. The summed E-state index contributed by atoms with van der Waals surface area (Å²) in [6, 6.07) is 42.6. The fourth-order valence-electron chi connectivity index (χ4n) is 7.37. The third kappa shape index (κ3) is 3.95. The van der Waals surface area contributed by atoms with Crippen LogP contribution in [-0.2, 0) is 6.42 Å². The summed E-state index contributed by atoms with van der Waals surface area (Å²) in [5, 5.41) is 3.89. The molecule has 0 atom stereocenters. The van der Waals surface area contributed by atoms with E-state index < -0.39 is 0 Å². The second-order valence-electron chi connectivity index (χ2n) is 12.0. The zero-order chi connectivity index (χ0) is 29.0. The predicted octanol–water partition coefficient (Wildman–Crippen LogP) is 11.1. The molecule has 5 aromatic carbocycles. The number of benzene rings is 5. The van der Waals surface area contributed by atoms with Gasteiger partial charge in [0.25, 0.3) is 0 Å². The van der Waals surface area contributed by atoms with Crippen LogP contribution in [0.2, 0.25) is 0 Å². The Labute approximate surface area is 257 Å². The number of rotatable bonds is 4. The first-order valence-corrected chi connectivity index (χ1v) is 15.7. The zero-order valence-corrected chi connectivity index (χ0v) is 24.6. The normalized spacial score (nSPS) is 14.4. The van der Waals surface area contributed by atoms with Crippen molar-refractivity contribution in [2.45, 2.75) is 25.7 Å². The number of para-hydroxylation sites is 2. The van der Waals surface area contributed by atoms with Crippen molar-refractivity contribution in [1.82, 2.24) is 9.13 Å². The summed E-state index contributed by atoms with van der Waals surface area (Å²) in [7, 11) is 0. The lowest BCUT2D eigenvalue weighted by Crippen LogP contribution is -2.03. The molecule has 0 saturated carbocycles. The van der Waals surface area contributed by atoms with Gasteiger partial charge >= 0.3 is 0 Å². The molecule has 0 radical (unpaired) electrons. The number of hydrogen-bond acceptors (Lipinski definition) is 0. The van der Waals surface area contributed by atoms with E-state index in [2.05, 4.69) is 155 Å². The van der Waals surface area contributed by atoms with Gasteiger partial charge in [-0.15, -0.1) is 0 Å². The summed E-state index contributed by atoms with van der Waals surface area (Å²) in [4.78, 5) is 0. The van der Waals surface area contributed by atoms with Gasteiger partial charge in [-0.25, -0.2) is 0 Å². The van der Waals surface area contributed by atoms with E-state index in [4.69, 9.17) is 0 Å². The van der Waals surface area contributed by atoms with Crippen molar-refractivity contribution >= 4 is 44.4 Å². The lowest BCUT2D eigenvalue weighted by atomic mass is 9.96. The smallest absolute Gasteiger partial charge is 0.0541 e. The van der Waals surface area contributed by atoms with Crippen LogP contribution in [0.3, 0.4) is 0 Å². The van der Waals surface area contributed by atoms with E-state index >= 15 is 0 Å². The van der Waals surface area contributed by atoms with E-state index in [1.165, 1.54) is 77.6 Å². The van der Waals surface area contributed by atoms with Crippen LogP contribution in [0, 0.1) is 0 Å². The highest BCUT2D eigenvalue weighted by Crippen LogP contribution is 2.38. The number of fused-ring (bicyclic) bond motifs is 6. The van der Waals surface area contributed by atoms with E-state index in [-0.39, 0.29) is 0 Å². The number of nitrogens with zero attached hydrogens (tertiary/aromatic N) is 2. The van der Waals surface area contributed by atoms with Gasteiger partial charge in [0.2, 0.25) is 0 Å². The van der Waals surface area contributed by atoms with Crippen LogP contribution in [0.5, 0.6) is 0 Å². The van der Waals surface area contributed by atoms with Crippen LogP contribution in [-0.4, -0.2) is 9.13 Å². The second-order valence-corrected chi connectivity index (χ2v) is 12.0. The summed E-state index contributed by atoms with van der Waals surface area (Å²) in [6.07, 6.45) is 15.9. The molecule has 0 fully saturated rings. The Morgan fingerprint density at radius 1 is 0.455 bits per heavy atom. The molecule has 0 spiro atoms. The first-order chi connectivity index (χ1) is 21.8. The lowest BCUT2D eigenvalue weighted by molar-refractivity contribution is 0.889. The monoisotopic (exact) mass is 564 g/mol. The van der Waals surface area contributed by atoms with Crippen molar-refractivity contribution in [2.24, 2.45) is 0 Å².